The van der Waals surface area contributed by atoms with Crippen molar-refractivity contribution in [3.05, 3.63) is 99.9 Å². The van der Waals surface area contributed by atoms with E-state index in [2.05, 4.69) is 20.9 Å². The Morgan fingerprint density at radius 1 is 0.908 bits per heavy atom. The van der Waals surface area contributed by atoms with Crippen molar-refractivity contribution >= 4 is 76.8 Å². The minimum atomic E-state index is -1.41. The summed E-state index contributed by atoms with van der Waals surface area (Å²) in [7, 11) is 0. The summed E-state index contributed by atoms with van der Waals surface area (Å²) in [6.07, 6.45) is 1.54. The van der Waals surface area contributed by atoms with Gasteiger partial charge in [-0.2, -0.15) is 0 Å². The zero-order valence-electron chi connectivity index (χ0n) is 43.7. The number of halogens is 2. The summed E-state index contributed by atoms with van der Waals surface area (Å²) in [5, 5.41) is 8.55. The number of aromatic nitrogens is 1. The Kier molecular flexibility index (Phi) is 19.5. The van der Waals surface area contributed by atoms with E-state index in [9.17, 15) is 38.4 Å². The van der Waals surface area contributed by atoms with Crippen LogP contribution in [0.2, 0.25) is 0 Å². The molecule has 0 bridgehead atoms. The molecular formula is C55H68ClFN8O10S. The van der Waals surface area contributed by atoms with E-state index in [0.29, 0.717) is 37.8 Å². The number of likely N-dealkylation sites (tertiary alicyclic amines) is 1. The van der Waals surface area contributed by atoms with Crippen molar-refractivity contribution < 1.29 is 52.2 Å². The van der Waals surface area contributed by atoms with Gasteiger partial charge in [0.05, 0.1) is 40.4 Å². The molecule has 3 aliphatic heterocycles. The van der Waals surface area contributed by atoms with Gasteiger partial charge in [0.25, 0.3) is 0 Å². The number of carbonyl (C=O) groups excluding carboxylic acids is 8. The number of nitrogens with one attached hydrogen (secondary N) is 3. The fourth-order valence-electron chi connectivity index (χ4n) is 10.0. The molecule has 1 saturated heterocycles. The zero-order chi connectivity index (χ0) is 54.3. The van der Waals surface area contributed by atoms with Gasteiger partial charge in [-0.3, -0.25) is 38.5 Å². The molecule has 3 aromatic carbocycles. The van der Waals surface area contributed by atoms with E-state index in [0.717, 1.165) is 32.8 Å². The average Bonchev–Trinajstić information content (AvgIpc) is 4.08. The third kappa shape index (κ3) is 14.0. The molecular weight excluding hydrogens is 1020 g/mol. The number of carbonyl (C=O) groups is 8. The number of amides is 6. The maximum absolute atomic E-state index is 16.0. The second-order valence-electron chi connectivity index (χ2n) is 20.7. The Morgan fingerprint density at radius 3 is 2.28 bits per heavy atom. The van der Waals surface area contributed by atoms with E-state index in [1.165, 1.54) is 28.9 Å². The van der Waals surface area contributed by atoms with Crippen LogP contribution < -0.4 is 37.1 Å². The SMILES string of the molecule is CC(=O)O[C@@H]1C[C@@H](C(=O)N[C@@H](C)c2ccc(-c3scnc3C)cc2)N(C(=O)[C@@H](NC(=O)CCCCCc2cccc(OC(=O)[C@H](CCC(N)=O)NC(=O)[C@@H]3Cc4cccc5c4N3C(=O)[C@@H](N)CC5)c2F)C(C)(C)C)C1.Cl. The van der Waals surface area contributed by atoms with Crippen molar-refractivity contribution in [2.24, 2.45) is 16.9 Å². The summed E-state index contributed by atoms with van der Waals surface area (Å²) in [6, 6.07) is 12.0. The second kappa shape index (κ2) is 25.4. The summed E-state index contributed by atoms with van der Waals surface area (Å²) < 4.78 is 27.0. The summed E-state index contributed by atoms with van der Waals surface area (Å²) in [4.78, 5) is 115. The van der Waals surface area contributed by atoms with Crippen molar-refractivity contribution in [2.75, 3.05) is 11.4 Å². The number of benzene rings is 3. The molecule has 0 spiro atoms. The van der Waals surface area contributed by atoms with E-state index in [-0.39, 0.29) is 68.8 Å². The molecule has 7 rings (SSSR count). The molecule has 4 aromatic rings. The fourth-order valence-corrected chi connectivity index (χ4v) is 10.8. The molecule has 0 saturated carbocycles. The van der Waals surface area contributed by atoms with Gasteiger partial charge < -0.3 is 41.8 Å². The molecule has 0 radical (unpaired) electrons. The van der Waals surface area contributed by atoms with Gasteiger partial charge in [0.2, 0.25) is 35.4 Å². The largest absolute Gasteiger partial charge is 0.461 e. The lowest BCUT2D eigenvalue weighted by Crippen LogP contribution is -2.57. The highest BCUT2D eigenvalue weighted by molar-refractivity contribution is 7.13. The quantitative estimate of drug-likeness (QED) is 0.0411. The normalized spacial score (nSPS) is 19.0. The molecule has 76 heavy (non-hydrogen) atoms. The van der Waals surface area contributed by atoms with Gasteiger partial charge in [-0.15, -0.1) is 23.7 Å². The van der Waals surface area contributed by atoms with Crippen LogP contribution >= 0.6 is 23.7 Å². The highest BCUT2D eigenvalue weighted by Gasteiger charge is 2.47. The van der Waals surface area contributed by atoms with Gasteiger partial charge in [-0.05, 0) is 91.7 Å². The molecule has 0 unspecified atom stereocenters. The lowest BCUT2D eigenvalue weighted by Gasteiger charge is -2.35. The van der Waals surface area contributed by atoms with Crippen LogP contribution in [0.3, 0.4) is 0 Å². The lowest BCUT2D eigenvalue weighted by atomic mass is 9.85. The van der Waals surface area contributed by atoms with Crippen LogP contribution in [0.15, 0.2) is 66.2 Å². The maximum Gasteiger partial charge on any atom is 0.334 e. The first kappa shape index (κ1) is 58.5. The Morgan fingerprint density at radius 2 is 1.61 bits per heavy atom. The number of ether oxygens (including phenoxy) is 2. The number of thiazole rings is 1. The zero-order valence-corrected chi connectivity index (χ0v) is 45.3. The number of rotatable bonds is 20. The highest BCUT2D eigenvalue weighted by atomic mass is 35.5. The third-order valence-electron chi connectivity index (χ3n) is 14.0. The van der Waals surface area contributed by atoms with E-state index >= 15 is 4.39 Å². The number of anilines is 1. The number of aryl methyl sites for hydroxylation is 3. The Labute approximate surface area is 452 Å². The Bertz CT molecular complexity index is 2820. The number of esters is 2. The van der Waals surface area contributed by atoms with Gasteiger partial charge in [0, 0.05) is 32.6 Å². The number of para-hydroxylation sites is 1. The van der Waals surface area contributed by atoms with Crippen LogP contribution in [0.5, 0.6) is 5.75 Å². The first-order valence-electron chi connectivity index (χ1n) is 25.5. The standard InChI is InChI=1S/C55H67FN8O10S.ClH/c1-30(33-18-20-36(21-19-33)48-31(2)59-29-75-48)60-50(68)41-27-38(73-32(3)65)28-63(41)53(71)49(55(4,5)6)62-45(67)17-9-7-8-12-34-13-11-16-43(46(34)56)74-54(72)40(24-25-44(58)66)61-51(69)42-26-37-15-10-14-35-22-23-39(57)52(70)64(42)47(35)37;/h10-11,13-16,18-21,29-30,38-42,49H,7-9,12,17,22-28,57H2,1-6H3,(H2,58,66)(H,60,68)(H,61,69)(H,62,67);1H/t30-,38+,39-,40-,41-,42-,49+;/m0./s1. The van der Waals surface area contributed by atoms with Crippen LogP contribution in [0.4, 0.5) is 10.1 Å². The summed E-state index contributed by atoms with van der Waals surface area (Å²) in [6.45, 7) is 10.4. The summed E-state index contributed by atoms with van der Waals surface area (Å²) in [5.74, 6) is -5.89. The van der Waals surface area contributed by atoms with Gasteiger partial charge in [0.15, 0.2) is 11.6 Å². The molecule has 4 heterocycles. The number of hydrogen-bond acceptors (Lipinski definition) is 13. The van der Waals surface area contributed by atoms with Crippen molar-refractivity contribution in [2.45, 2.75) is 155 Å². The number of unbranched alkanes of at least 4 members (excludes halogenated alkanes) is 2. The molecule has 1 fully saturated rings. The predicted octanol–water partition coefficient (Wildman–Crippen LogP) is 5.61. The van der Waals surface area contributed by atoms with Crippen LogP contribution in [0, 0.1) is 18.2 Å². The van der Waals surface area contributed by atoms with Gasteiger partial charge >= 0.3 is 11.9 Å². The molecule has 408 valence electrons. The van der Waals surface area contributed by atoms with Crippen LogP contribution in [0.25, 0.3) is 10.4 Å². The van der Waals surface area contributed by atoms with Crippen LogP contribution in [-0.2, 0) is 62.4 Å². The maximum atomic E-state index is 16.0. The number of nitrogens with two attached hydrogens (primary N) is 2. The molecule has 18 nitrogen and oxygen atoms in total. The van der Waals surface area contributed by atoms with E-state index < -0.39 is 101 Å². The van der Waals surface area contributed by atoms with Crippen molar-refractivity contribution in [3.8, 4) is 16.2 Å². The Hall–Kier alpha value is -6.77. The lowest BCUT2D eigenvalue weighted by molar-refractivity contribution is -0.147. The molecule has 21 heteroatoms. The first-order chi connectivity index (χ1) is 35.6. The van der Waals surface area contributed by atoms with E-state index in [4.69, 9.17) is 20.9 Å². The monoisotopic (exact) mass is 1090 g/mol. The van der Waals surface area contributed by atoms with Gasteiger partial charge in [-0.1, -0.05) is 81.8 Å². The molecule has 6 amide bonds. The number of primary amides is 1. The molecule has 3 aliphatic rings. The summed E-state index contributed by atoms with van der Waals surface area (Å²) >= 11 is 1.54. The smallest absolute Gasteiger partial charge is 0.334 e. The number of hydrogen-bond donors (Lipinski definition) is 5. The van der Waals surface area contributed by atoms with Crippen molar-refractivity contribution in [1.29, 1.82) is 0 Å². The van der Waals surface area contributed by atoms with Gasteiger partial charge in [-0.25, -0.2) is 14.2 Å². The number of nitrogens with zero attached hydrogens (tertiary/aromatic N) is 3. The van der Waals surface area contributed by atoms with Crippen molar-refractivity contribution in [1.82, 2.24) is 25.8 Å². The van der Waals surface area contributed by atoms with Crippen LogP contribution in [-0.4, -0.2) is 100 Å². The highest BCUT2D eigenvalue weighted by Crippen LogP contribution is 2.39. The molecule has 7 atom stereocenters. The first-order valence-corrected chi connectivity index (χ1v) is 26.3. The van der Waals surface area contributed by atoms with E-state index in [1.54, 1.807) is 43.7 Å². The third-order valence-corrected chi connectivity index (χ3v) is 15.0. The minimum absolute atomic E-state index is 0. The van der Waals surface area contributed by atoms with Crippen LogP contribution in [0.1, 0.15) is 120 Å². The average molecular weight is 1090 g/mol. The summed E-state index contributed by atoms with van der Waals surface area (Å²) in [5.41, 5.74) is 17.9. The minimum Gasteiger partial charge on any atom is -0.461 e. The predicted molar refractivity (Wildman–Crippen MR) is 285 cm³/mol. The topological polar surface area (TPSA) is 263 Å². The van der Waals surface area contributed by atoms with Gasteiger partial charge in [0.1, 0.15) is 30.3 Å². The molecule has 0 aliphatic carbocycles. The fraction of sp³-hybridized carbons (Fsp3) is 0.473. The molecule has 1 aromatic heterocycles. The van der Waals surface area contributed by atoms with Crippen molar-refractivity contribution in [3.63, 3.8) is 0 Å². The van der Waals surface area contributed by atoms with E-state index in [1.807, 2.05) is 56.3 Å². The second-order valence-corrected chi connectivity index (χ2v) is 21.6. The molecule has 7 N–H and O–H groups in total. The Balaban J connectivity index is 0.00000937.